The number of aryl methyl sites for hydroxylation is 1. The molecule has 0 bridgehead atoms. The van der Waals surface area contributed by atoms with E-state index in [1.807, 2.05) is 19.1 Å². The van der Waals surface area contributed by atoms with Crippen molar-refractivity contribution in [2.75, 3.05) is 0 Å². The van der Waals surface area contributed by atoms with Crippen molar-refractivity contribution >= 4 is 44.4 Å². The highest BCUT2D eigenvalue weighted by atomic mass is 35.5. The Morgan fingerprint density at radius 1 is 1.16 bits per heavy atom. The normalized spacial score (nSPS) is 13.1. The van der Waals surface area contributed by atoms with Gasteiger partial charge in [-0.2, -0.15) is 0 Å². The number of benzene rings is 1. The molecule has 1 atom stereocenters. The van der Waals surface area contributed by atoms with Gasteiger partial charge in [0.1, 0.15) is 5.82 Å². The van der Waals surface area contributed by atoms with Gasteiger partial charge in [0, 0.05) is 14.5 Å². The molecule has 19 heavy (non-hydrogen) atoms. The van der Waals surface area contributed by atoms with Gasteiger partial charge in [-0.3, -0.25) is 0 Å². The minimum absolute atomic E-state index is 0.198. The molecule has 0 aliphatic heterocycles. The first-order valence-corrected chi connectivity index (χ1v) is 7.76. The molecule has 0 aliphatic rings. The van der Waals surface area contributed by atoms with Gasteiger partial charge in [-0.15, -0.1) is 22.7 Å². The van der Waals surface area contributed by atoms with E-state index in [4.69, 9.17) is 17.3 Å². The maximum Gasteiger partial charge on any atom is 0.124 e. The van der Waals surface area contributed by atoms with Crippen LogP contribution in [-0.2, 0) is 0 Å². The highest BCUT2D eigenvalue weighted by Gasteiger charge is 2.16. The zero-order chi connectivity index (χ0) is 13.6. The van der Waals surface area contributed by atoms with E-state index in [0.29, 0.717) is 0 Å². The third-order valence-electron chi connectivity index (χ3n) is 2.99. The summed E-state index contributed by atoms with van der Waals surface area (Å²) in [6, 6.07) is 8.63. The van der Waals surface area contributed by atoms with E-state index < -0.39 is 0 Å². The molecule has 0 aliphatic carbocycles. The van der Waals surface area contributed by atoms with Crippen molar-refractivity contribution in [3.05, 3.63) is 55.8 Å². The fourth-order valence-corrected chi connectivity index (χ4v) is 4.38. The van der Waals surface area contributed by atoms with Crippen molar-refractivity contribution in [2.45, 2.75) is 13.0 Å². The van der Waals surface area contributed by atoms with Crippen LogP contribution in [0.1, 0.15) is 21.4 Å². The molecule has 1 nitrogen and oxygen atoms in total. The molecule has 3 aromatic rings. The van der Waals surface area contributed by atoms with Gasteiger partial charge in [0.05, 0.1) is 10.4 Å². The molecule has 0 radical (unpaired) electrons. The Bertz CT molecular complexity index is 728. The van der Waals surface area contributed by atoms with E-state index in [-0.39, 0.29) is 11.9 Å². The number of fused-ring (bicyclic) bond motifs is 1. The van der Waals surface area contributed by atoms with Crippen LogP contribution in [-0.4, -0.2) is 0 Å². The van der Waals surface area contributed by atoms with Crippen LogP contribution in [0, 0.1) is 12.7 Å². The molecule has 1 aromatic carbocycles. The standard InChI is InChI=1S/C14H11ClFNS2/c1-7-4-11(19-14(7)15)13(17)12-5-8-2-3-9(16)6-10(8)18-12/h2-6,13H,17H2,1H3. The van der Waals surface area contributed by atoms with Gasteiger partial charge in [-0.1, -0.05) is 17.7 Å². The fourth-order valence-electron chi connectivity index (χ4n) is 1.96. The van der Waals surface area contributed by atoms with Crippen molar-refractivity contribution in [1.29, 1.82) is 0 Å². The van der Waals surface area contributed by atoms with Gasteiger partial charge in [0.15, 0.2) is 0 Å². The van der Waals surface area contributed by atoms with Crippen molar-refractivity contribution in [1.82, 2.24) is 0 Å². The van der Waals surface area contributed by atoms with Crippen LogP contribution in [0.15, 0.2) is 30.3 Å². The van der Waals surface area contributed by atoms with Crippen molar-refractivity contribution in [3.8, 4) is 0 Å². The predicted octanol–water partition coefficient (Wildman–Crippen LogP) is 5.11. The lowest BCUT2D eigenvalue weighted by atomic mass is 10.1. The van der Waals surface area contributed by atoms with Crippen molar-refractivity contribution in [3.63, 3.8) is 0 Å². The van der Waals surface area contributed by atoms with Crippen LogP contribution >= 0.6 is 34.3 Å². The van der Waals surface area contributed by atoms with Gasteiger partial charge in [-0.25, -0.2) is 4.39 Å². The Morgan fingerprint density at radius 3 is 2.58 bits per heavy atom. The van der Waals surface area contributed by atoms with Gasteiger partial charge in [0.25, 0.3) is 0 Å². The Labute approximate surface area is 123 Å². The monoisotopic (exact) mass is 311 g/mol. The Hall–Kier alpha value is -0.940. The molecule has 0 saturated carbocycles. The molecule has 0 spiro atoms. The van der Waals surface area contributed by atoms with E-state index >= 15 is 0 Å². The molecular weight excluding hydrogens is 301 g/mol. The second-order valence-corrected chi connectivity index (χ2v) is 7.22. The highest BCUT2D eigenvalue weighted by molar-refractivity contribution is 7.19. The summed E-state index contributed by atoms with van der Waals surface area (Å²) in [7, 11) is 0. The van der Waals surface area contributed by atoms with Crippen molar-refractivity contribution < 1.29 is 4.39 Å². The summed E-state index contributed by atoms with van der Waals surface area (Å²) in [5, 5.41) is 1.02. The molecule has 0 fully saturated rings. The van der Waals surface area contributed by atoms with Gasteiger partial charge in [-0.05, 0) is 42.1 Å². The molecule has 0 amide bonds. The summed E-state index contributed by atoms with van der Waals surface area (Å²) in [6.07, 6.45) is 0. The minimum atomic E-state index is -0.218. The number of nitrogens with two attached hydrogens (primary N) is 1. The van der Waals surface area contributed by atoms with Gasteiger partial charge in [0.2, 0.25) is 0 Å². The topological polar surface area (TPSA) is 26.0 Å². The molecule has 5 heteroatoms. The maximum absolute atomic E-state index is 13.2. The summed E-state index contributed by atoms with van der Waals surface area (Å²) in [5.74, 6) is -0.218. The van der Waals surface area contributed by atoms with E-state index in [1.54, 1.807) is 12.1 Å². The van der Waals surface area contributed by atoms with Crippen LogP contribution in [0.5, 0.6) is 0 Å². The molecule has 2 N–H and O–H groups in total. The molecule has 98 valence electrons. The fraction of sp³-hybridized carbons (Fsp3) is 0.143. The van der Waals surface area contributed by atoms with Crippen molar-refractivity contribution in [2.24, 2.45) is 5.73 Å². The molecule has 0 saturated heterocycles. The molecule has 1 unspecified atom stereocenters. The highest BCUT2D eigenvalue weighted by Crippen LogP contribution is 2.37. The quantitative estimate of drug-likeness (QED) is 0.699. The summed E-state index contributed by atoms with van der Waals surface area (Å²) >= 11 is 9.11. The summed E-state index contributed by atoms with van der Waals surface area (Å²) in [5.41, 5.74) is 7.31. The van der Waals surface area contributed by atoms with E-state index in [9.17, 15) is 4.39 Å². The number of hydrogen-bond acceptors (Lipinski definition) is 3. The SMILES string of the molecule is Cc1cc(C(N)c2cc3ccc(F)cc3s2)sc1Cl. The number of halogens is 2. The maximum atomic E-state index is 13.2. The summed E-state index contributed by atoms with van der Waals surface area (Å²) < 4.78 is 14.9. The van der Waals surface area contributed by atoms with Crippen LogP contribution in [0.3, 0.4) is 0 Å². The second-order valence-electron chi connectivity index (χ2n) is 4.41. The molecular formula is C14H11ClFNS2. The average molecular weight is 312 g/mol. The first kappa shape index (κ1) is 13.1. The first-order valence-electron chi connectivity index (χ1n) is 5.75. The second kappa shape index (κ2) is 4.87. The largest absolute Gasteiger partial charge is 0.319 e. The molecule has 2 heterocycles. The Kier molecular flexibility index (Phi) is 3.35. The zero-order valence-electron chi connectivity index (χ0n) is 10.1. The smallest absolute Gasteiger partial charge is 0.124 e. The third kappa shape index (κ3) is 2.41. The molecule has 2 aromatic heterocycles. The lowest BCUT2D eigenvalue weighted by Gasteiger charge is -2.05. The van der Waals surface area contributed by atoms with E-state index in [2.05, 4.69) is 0 Å². The summed E-state index contributed by atoms with van der Waals surface area (Å²) in [6.45, 7) is 1.97. The van der Waals surface area contributed by atoms with Crippen LogP contribution in [0.25, 0.3) is 10.1 Å². The van der Waals surface area contributed by atoms with Crippen LogP contribution in [0.2, 0.25) is 4.34 Å². The van der Waals surface area contributed by atoms with E-state index in [0.717, 1.165) is 29.7 Å². The van der Waals surface area contributed by atoms with Crippen LogP contribution < -0.4 is 5.73 Å². The Morgan fingerprint density at radius 2 is 1.89 bits per heavy atom. The van der Waals surface area contributed by atoms with Gasteiger partial charge >= 0.3 is 0 Å². The lowest BCUT2D eigenvalue weighted by molar-refractivity contribution is 0.630. The first-order chi connectivity index (χ1) is 9.04. The number of hydrogen-bond donors (Lipinski definition) is 1. The number of rotatable bonds is 2. The zero-order valence-corrected chi connectivity index (χ0v) is 12.5. The summed E-state index contributed by atoms with van der Waals surface area (Å²) in [4.78, 5) is 2.06. The molecule has 3 rings (SSSR count). The minimum Gasteiger partial charge on any atom is -0.319 e. The van der Waals surface area contributed by atoms with Gasteiger partial charge < -0.3 is 5.73 Å². The number of thiophene rings is 2. The lowest BCUT2D eigenvalue weighted by Crippen LogP contribution is -2.07. The van der Waals surface area contributed by atoms with Crippen LogP contribution in [0.4, 0.5) is 4.39 Å². The predicted molar refractivity (Wildman–Crippen MR) is 81.9 cm³/mol. The average Bonchev–Trinajstić information content (AvgIpc) is 2.92. The third-order valence-corrected chi connectivity index (χ3v) is 5.81. The Balaban J connectivity index is 2.03. The van der Waals surface area contributed by atoms with E-state index in [1.165, 1.54) is 28.7 Å².